The number of carbonyl (C=O) groups is 1. The summed E-state index contributed by atoms with van der Waals surface area (Å²) in [5, 5.41) is 21.3. The standard InChI is InChI=1S/C31H48N4O4S/c1-4-32-26-19-25(20-27(21-26)35-16-8-9-17-40(35,38)39)30(37)34-28(18-24-10-6-5-7-11-24)29(36)22-33-31(14-15-31)13-12-23(2)3/h5-7,10-11,19-21,23,28-29,32-33,36,38-39H,4,8-9,12-18,22H2,1-3H3,(H,34,37)/t28-,29+/m0/s1. The summed E-state index contributed by atoms with van der Waals surface area (Å²) in [7, 11) is -2.93. The molecule has 1 amide bonds. The minimum Gasteiger partial charge on any atom is -0.390 e. The molecule has 2 atom stereocenters. The van der Waals surface area contributed by atoms with Crippen LogP contribution in [0.2, 0.25) is 0 Å². The molecule has 0 bridgehead atoms. The van der Waals surface area contributed by atoms with Gasteiger partial charge in [-0.15, -0.1) is 10.8 Å². The summed E-state index contributed by atoms with van der Waals surface area (Å²) in [6.45, 7) is 8.06. The highest BCUT2D eigenvalue weighted by Crippen LogP contribution is 2.50. The van der Waals surface area contributed by atoms with E-state index >= 15 is 0 Å². The third kappa shape index (κ3) is 8.36. The molecule has 1 saturated heterocycles. The molecule has 4 rings (SSSR count). The molecule has 0 radical (unpaired) electrons. The molecule has 2 aliphatic rings. The van der Waals surface area contributed by atoms with Crippen LogP contribution >= 0.6 is 10.8 Å². The lowest BCUT2D eigenvalue weighted by atomic mass is 9.98. The van der Waals surface area contributed by atoms with Gasteiger partial charge < -0.3 is 21.1 Å². The van der Waals surface area contributed by atoms with E-state index in [1.54, 1.807) is 16.4 Å². The highest BCUT2D eigenvalue weighted by Gasteiger charge is 2.42. The molecule has 0 aromatic heterocycles. The zero-order valence-corrected chi connectivity index (χ0v) is 25.1. The Kier molecular flexibility index (Phi) is 10.4. The Bertz CT molecular complexity index is 1110. The van der Waals surface area contributed by atoms with Crippen molar-refractivity contribution in [2.24, 2.45) is 5.92 Å². The number of hydrogen-bond donors (Lipinski definition) is 6. The van der Waals surface area contributed by atoms with Gasteiger partial charge in [0.05, 0.1) is 23.6 Å². The molecule has 2 aromatic carbocycles. The van der Waals surface area contributed by atoms with Gasteiger partial charge in [0, 0.05) is 36.4 Å². The molecule has 2 aromatic rings. The van der Waals surface area contributed by atoms with Crippen molar-refractivity contribution in [3.05, 3.63) is 59.7 Å². The third-order valence-electron chi connectivity index (χ3n) is 8.05. The van der Waals surface area contributed by atoms with E-state index in [0.29, 0.717) is 49.0 Å². The first-order valence-corrected chi connectivity index (χ1v) is 16.5. The summed E-state index contributed by atoms with van der Waals surface area (Å²) in [6.07, 6.45) is 5.86. The van der Waals surface area contributed by atoms with Crippen LogP contribution in [0.25, 0.3) is 0 Å². The van der Waals surface area contributed by atoms with Gasteiger partial charge in [0.15, 0.2) is 0 Å². The Morgan fingerprint density at radius 1 is 1.10 bits per heavy atom. The highest BCUT2D eigenvalue weighted by atomic mass is 32.3. The molecule has 1 saturated carbocycles. The Hall–Kier alpha value is -2.30. The predicted octanol–water partition coefficient (Wildman–Crippen LogP) is 5.64. The number of anilines is 2. The molecule has 0 spiro atoms. The molecule has 1 aliphatic heterocycles. The maximum absolute atomic E-state index is 13.7. The van der Waals surface area contributed by atoms with E-state index in [-0.39, 0.29) is 11.4 Å². The minimum absolute atomic E-state index is 0.111. The number of nitrogens with zero attached hydrogens (tertiary/aromatic N) is 1. The van der Waals surface area contributed by atoms with Crippen LogP contribution in [-0.4, -0.2) is 63.2 Å². The van der Waals surface area contributed by atoms with Gasteiger partial charge in [0.2, 0.25) is 0 Å². The van der Waals surface area contributed by atoms with Crippen LogP contribution in [0.15, 0.2) is 48.5 Å². The van der Waals surface area contributed by atoms with Gasteiger partial charge in [-0.1, -0.05) is 44.2 Å². The van der Waals surface area contributed by atoms with Crippen molar-refractivity contribution in [1.29, 1.82) is 0 Å². The zero-order valence-electron chi connectivity index (χ0n) is 24.2. The van der Waals surface area contributed by atoms with Gasteiger partial charge in [-0.3, -0.25) is 18.2 Å². The molecule has 9 heteroatoms. The molecule has 0 unspecified atom stereocenters. The number of carbonyl (C=O) groups excluding carboxylic acids is 1. The van der Waals surface area contributed by atoms with Crippen molar-refractivity contribution in [2.45, 2.75) is 83.4 Å². The van der Waals surface area contributed by atoms with Crippen molar-refractivity contribution >= 4 is 28.1 Å². The quantitative estimate of drug-likeness (QED) is 0.173. The van der Waals surface area contributed by atoms with E-state index in [1.807, 2.05) is 43.3 Å². The van der Waals surface area contributed by atoms with Crippen LogP contribution in [0.1, 0.15) is 75.2 Å². The zero-order chi connectivity index (χ0) is 28.8. The number of benzene rings is 2. The fourth-order valence-corrected chi connectivity index (χ4v) is 7.07. The maximum Gasteiger partial charge on any atom is 0.251 e. The Morgan fingerprint density at radius 3 is 2.50 bits per heavy atom. The second kappa shape index (κ2) is 13.6. The maximum atomic E-state index is 13.7. The summed E-state index contributed by atoms with van der Waals surface area (Å²) in [4.78, 5) is 13.7. The van der Waals surface area contributed by atoms with Crippen molar-refractivity contribution < 1.29 is 19.0 Å². The average Bonchev–Trinajstić information content (AvgIpc) is 3.70. The lowest BCUT2D eigenvalue weighted by molar-refractivity contribution is 0.0821. The van der Waals surface area contributed by atoms with Gasteiger partial charge in [0.25, 0.3) is 5.91 Å². The monoisotopic (exact) mass is 572 g/mol. The molecule has 6 N–H and O–H groups in total. The lowest BCUT2D eigenvalue weighted by Crippen LogP contribution is -2.50. The van der Waals surface area contributed by atoms with Crippen molar-refractivity contribution in [3.8, 4) is 0 Å². The molecular formula is C31H48N4O4S. The minimum atomic E-state index is -2.93. The topological polar surface area (TPSA) is 117 Å². The number of aliphatic hydroxyl groups excluding tert-OH is 1. The molecule has 2 fully saturated rings. The van der Waals surface area contributed by atoms with Crippen LogP contribution in [0.5, 0.6) is 0 Å². The highest BCUT2D eigenvalue weighted by molar-refractivity contribution is 8.25. The van der Waals surface area contributed by atoms with Gasteiger partial charge >= 0.3 is 0 Å². The summed E-state index contributed by atoms with van der Waals surface area (Å²) >= 11 is 0. The molecule has 1 heterocycles. The van der Waals surface area contributed by atoms with Crippen LogP contribution in [0.4, 0.5) is 11.4 Å². The van der Waals surface area contributed by atoms with E-state index in [9.17, 15) is 19.0 Å². The van der Waals surface area contributed by atoms with E-state index in [4.69, 9.17) is 0 Å². The van der Waals surface area contributed by atoms with Crippen LogP contribution in [0.3, 0.4) is 0 Å². The summed E-state index contributed by atoms with van der Waals surface area (Å²) in [5.74, 6) is 0.678. The van der Waals surface area contributed by atoms with Crippen LogP contribution in [-0.2, 0) is 6.42 Å². The van der Waals surface area contributed by atoms with Crippen molar-refractivity contribution in [3.63, 3.8) is 0 Å². The normalized spacial score (nSPS) is 20.0. The van der Waals surface area contributed by atoms with Gasteiger partial charge in [0.1, 0.15) is 0 Å². The van der Waals surface area contributed by atoms with Gasteiger partial charge in [-0.2, -0.15) is 0 Å². The van der Waals surface area contributed by atoms with Gasteiger partial charge in [-0.25, -0.2) is 0 Å². The smallest absolute Gasteiger partial charge is 0.251 e. The summed E-state index contributed by atoms with van der Waals surface area (Å²) in [5.41, 5.74) is 2.93. The molecule has 8 nitrogen and oxygen atoms in total. The van der Waals surface area contributed by atoms with E-state index in [0.717, 1.165) is 49.8 Å². The van der Waals surface area contributed by atoms with Crippen LogP contribution in [0, 0.1) is 5.92 Å². The van der Waals surface area contributed by atoms with Gasteiger partial charge in [-0.05, 0) is 81.5 Å². The number of β-amino-alcohol motifs (C(OH)–C–C–N with tert-alkyl or cyclic N) is 1. The summed E-state index contributed by atoms with van der Waals surface area (Å²) < 4.78 is 23.1. The number of hydrogen-bond acceptors (Lipinski definition) is 7. The number of nitrogens with one attached hydrogen (secondary N) is 3. The fraction of sp³-hybridized carbons (Fsp3) is 0.581. The van der Waals surface area contributed by atoms with E-state index < -0.39 is 22.9 Å². The number of rotatable bonds is 14. The second-order valence-corrected chi connectivity index (χ2v) is 14.0. The van der Waals surface area contributed by atoms with E-state index in [1.165, 1.54) is 0 Å². The summed E-state index contributed by atoms with van der Waals surface area (Å²) in [6, 6.07) is 14.8. The first-order chi connectivity index (χ1) is 19.1. The molecule has 1 aliphatic carbocycles. The lowest BCUT2D eigenvalue weighted by Gasteiger charge is -2.47. The Labute approximate surface area is 241 Å². The number of aliphatic hydroxyl groups is 1. The molecular weight excluding hydrogens is 524 g/mol. The third-order valence-corrected chi connectivity index (χ3v) is 9.99. The predicted molar refractivity (Wildman–Crippen MR) is 166 cm³/mol. The number of amides is 1. The second-order valence-electron chi connectivity index (χ2n) is 11.9. The fourth-order valence-electron chi connectivity index (χ4n) is 5.40. The Morgan fingerprint density at radius 2 is 1.85 bits per heavy atom. The molecule has 222 valence electrons. The van der Waals surface area contributed by atoms with Crippen molar-refractivity contribution in [2.75, 3.05) is 35.0 Å². The van der Waals surface area contributed by atoms with Crippen LogP contribution < -0.4 is 20.3 Å². The SMILES string of the molecule is CCNc1cc(C(=O)N[C@@H](Cc2ccccc2)[C@H](O)CNC2(CCC(C)C)CC2)cc(N2CCCCS2(O)O)c1. The largest absolute Gasteiger partial charge is 0.390 e. The van der Waals surface area contributed by atoms with Crippen molar-refractivity contribution in [1.82, 2.24) is 10.6 Å². The van der Waals surface area contributed by atoms with E-state index in [2.05, 4.69) is 29.8 Å². The molecule has 40 heavy (non-hydrogen) atoms. The Balaban J connectivity index is 1.52. The first-order valence-electron chi connectivity index (χ1n) is 14.8. The first kappa shape index (κ1) is 30.7. The average molecular weight is 573 g/mol.